The maximum atomic E-state index is 13.1. The molecule has 0 spiro atoms. The van der Waals surface area contributed by atoms with E-state index in [1.54, 1.807) is 11.3 Å². The highest BCUT2D eigenvalue weighted by atomic mass is 32.2. The third kappa shape index (κ3) is 5.03. The molecule has 0 unspecified atom stereocenters. The standard InChI is InChI=1S/C24H25N5OS2/c1-17(2)29(20-13-11-19(12-14-20)25-18-8-5-4-6-9-18)22(30)16-32-24-27-26-23(28(24)3)21-10-7-15-31-21/h4-15,17,25H,16H2,1-3H3. The van der Waals surface area contributed by atoms with Crippen LogP contribution in [0.2, 0.25) is 0 Å². The molecule has 2 heterocycles. The zero-order chi connectivity index (χ0) is 22.5. The van der Waals surface area contributed by atoms with Gasteiger partial charge in [0.15, 0.2) is 11.0 Å². The number of carbonyl (C=O) groups excluding carboxylic acids is 1. The highest BCUT2D eigenvalue weighted by Crippen LogP contribution is 2.27. The van der Waals surface area contributed by atoms with Gasteiger partial charge in [-0.2, -0.15) is 0 Å². The summed E-state index contributed by atoms with van der Waals surface area (Å²) in [5.74, 6) is 1.14. The van der Waals surface area contributed by atoms with Crippen molar-refractivity contribution in [3.63, 3.8) is 0 Å². The first-order valence-corrected chi connectivity index (χ1v) is 12.2. The number of nitrogens with zero attached hydrogens (tertiary/aromatic N) is 4. The molecule has 0 aliphatic rings. The largest absolute Gasteiger partial charge is 0.356 e. The second kappa shape index (κ2) is 10.0. The summed E-state index contributed by atoms with van der Waals surface area (Å²) in [5.41, 5.74) is 2.88. The number of nitrogens with one attached hydrogen (secondary N) is 1. The molecule has 4 rings (SSSR count). The van der Waals surface area contributed by atoms with Crippen molar-refractivity contribution in [1.29, 1.82) is 0 Å². The summed E-state index contributed by atoms with van der Waals surface area (Å²) < 4.78 is 1.94. The van der Waals surface area contributed by atoms with Crippen LogP contribution in [0.15, 0.2) is 77.3 Å². The lowest BCUT2D eigenvalue weighted by atomic mass is 10.2. The topological polar surface area (TPSA) is 63.1 Å². The molecule has 0 aliphatic heterocycles. The van der Waals surface area contributed by atoms with Gasteiger partial charge in [0.2, 0.25) is 5.91 Å². The Bertz CT molecular complexity index is 1160. The predicted octanol–water partition coefficient (Wildman–Crippen LogP) is 5.82. The fourth-order valence-corrected chi connectivity index (χ4v) is 4.89. The summed E-state index contributed by atoms with van der Waals surface area (Å²) in [6.07, 6.45) is 0. The smallest absolute Gasteiger partial charge is 0.237 e. The Morgan fingerprint density at radius 2 is 1.75 bits per heavy atom. The number of thiophene rings is 1. The highest BCUT2D eigenvalue weighted by Gasteiger charge is 2.21. The average Bonchev–Trinajstić information content (AvgIpc) is 3.44. The van der Waals surface area contributed by atoms with E-state index in [2.05, 4.69) is 15.5 Å². The van der Waals surface area contributed by atoms with Gasteiger partial charge in [-0.1, -0.05) is 36.0 Å². The Morgan fingerprint density at radius 3 is 2.41 bits per heavy atom. The lowest BCUT2D eigenvalue weighted by Gasteiger charge is -2.27. The van der Waals surface area contributed by atoms with Gasteiger partial charge in [0.25, 0.3) is 0 Å². The number of amides is 1. The van der Waals surface area contributed by atoms with Gasteiger partial charge in [-0.15, -0.1) is 21.5 Å². The van der Waals surface area contributed by atoms with Crippen LogP contribution in [-0.2, 0) is 11.8 Å². The second-order valence-electron chi connectivity index (χ2n) is 7.53. The zero-order valence-electron chi connectivity index (χ0n) is 18.2. The Balaban J connectivity index is 1.43. The lowest BCUT2D eigenvalue weighted by molar-refractivity contribution is -0.116. The van der Waals surface area contributed by atoms with E-state index in [1.165, 1.54) is 11.8 Å². The van der Waals surface area contributed by atoms with E-state index >= 15 is 0 Å². The van der Waals surface area contributed by atoms with Crippen molar-refractivity contribution in [3.8, 4) is 10.7 Å². The first kappa shape index (κ1) is 22.1. The normalized spacial score (nSPS) is 11.0. The van der Waals surface area contributed by atoms with Crippen molar-refractivity contribution >= 4 is 46.1 Å². The summed E-state index contributed by atoms with van der Waals surface area (Å²) >= 11 is 3.03. The minimum Gasteiger partial charge on any atom is -0.356 e. The van der Waals surface area contributed by atoms with Crippen LogP contribution in [0.3, 0.4) is 0 Å². The quantitative estimate of drug-likeness (QED) is 0.334. The molecule has 1 N–H and O–H groups in total. The third-order valence-corrected chi connectivity index (χ3v) is 6.77. The molecule has 0 saturated heterocycles. The van der Waals surface area contributed by atoms with E-state index in [0.717, 1.165) is 32.9 Å². The van der Waals surface area contributed by atoms with Gasteiger partial charge in [-0.3, -0.25) is 4.79 Å². The average molecular weight is 464 g/mol. The van der Waals surface area contributed by atoms with Crippen molar-refractivity contribution < 1.29 is 4.79 Å². The monoisotopic (exact) mass is 463 g/mol. The number of carbonyl (C=O) groups is 1. The van der Waals surface area contributed by atoms with Crippen molar-refractivity contribution in [2.75, 3.05) is 16.0 Å². The number of anilines is 3. The molecule has 0 aliphatic carbocycles. The SMILES string of the molecule is CC(C)N(C(=O)CSc1nnc(-c2cccs2)n1C)c1ccc(Nc2ccccc2)cc1. The summed E-state index contributed by atoms with van der Waals surface area (Å²) in [6.45, 7) is 4.05. The molecule has 2 aromatic carbocycles. The van der Waals surface area contributed by atoms with Crippen LogP contribution < -0.4 is 10.2 Å². The number of hydrogen-bond acceptors (Lipinski definition) is 6. The van der Waals surface area contributed by atoms with E-state index in [1.807, 2.05) is 102 Å². The molecule has 1 amide bonds. The highest BCUT2D eigenvalue weighted by molar-refractivity contribution is 7.99. The van der Waals surface area contributed by atoms with Crippen molar-refractivity contribution in [2.24, 2.45) is 7.05 Å². The molecule has 0 fully saturated rings. The van der Waals surface area contributed by atoms with Crippen LogP contribution in [0.1, 0.15) is 13.8 Å². The Hall–Kier alpha value is -3.10. The number of hydrogen-bond donors (Lipinski definition) is 1. The first-order chi connectivity index (χ1) is 15.5. The molecule has 0 atom stereocenters. The second-order valence-corrected chi connectivity index (χ2v) is 9.42. The van der Waals surface area contributed by atoms with Crippen LogP contribution >= 0.6 is 23.1 Å². The van der Waals surface area contributed by atoms with Gasteiger partial charge in [0.05, 0.1) is 10.6 Å². The number of benzene rings is 2. The minimum atomic E-state index is 0.0365. The molecule has 2 aromatic heterocycles. The van der Waals surface area contributed by atoms with Crippen LogP contribution in [0, 0.1) is 0 Å². The third-order valence-electron chi connectivity index (χ3n) is 4.89. The van der Waals surface area contributed by atoms with Gasteiger partial charge < -0.3 is 14.8 Å². The summed E-state index contributed by atoms with van der Waals surface area (Å²) in [6, 6.07) is 22.0. The van der Waals surface area contributed by atoms with E-state index < -0.39 is 0 Å². The molecule has 0 saturated carbocycles. The van der Waals surface area contributed by atoms with Crippen LogP contribution in [-0.4, -0.2) is 32.5 Å². The van der Waals surface area contributed by atoms with Gasteiger partial charge in [0, 0.05) is 30.2 Å². The molecule has 0 bridgehead atoms. The van der Waals surface area contributed by atoms with E-state index in [0.29, 0.717) is 5.75 Å². The lowest BCUT2D eigenvalue weighted by Crippen LogP contribution is -2.38. The van der Waals surface area contributed by atoms with E-state index in [9.17, 15) is 4.79 Å². The molecular formula is C24H25N5OS2. The fourth-order valence-electron chi connectivity index (χ4n) is 3.38. The maximum absolute atomic E-state index is 13.1. The Kier molecular flexibility index (Phi) is 6.92. The minimum absolute atomic E-state index is 0.0365. The van der Waals surface area contributed by atoms with Crippen molar-refractivity contribution in [3.05, 3.63) is 72.1 Å². The summed E-state index contributed by atoms with van der Waals surface area (Å²) in [5, 5.41) is 14.7. The maximum Gasteiger partial charge on any atom is 0.237 e. The summed E-state index contributed by atoms with van der Waals surface area (Å²) in [4.78, 5) is 16.0. The van der Waals surface area contributed by atoms with Crippen LogP contribution in [0.5, 0.6) is 0 Å². The van der Waals surface area contributed by atoms with Crippen LogP contribution in [0.25, 0.3) is 10.7 Å². The number of thioether (sulfide) groups is 1. The molecule has 32 heavy (non-hydrogen) atoms. The Morgan fingerprint density at radius 1 is 1.03 bits per heavy atom. The number of rotatable bonds is 8. The fraction of sp³-hybridized carbons (Fsp3) is 0.208. The predicted molar refractivity (Wildman–Crippen MR) is 134 cm³/mol. The number of aromatic nitrogens is 3. The van der Waals surface area contributed by atoms with Gasteiger partial charge in [-0.25, -0.2) is 0 Å². The molecular weight excluding hydrogens is 438 g/mol. The van der Waals surface area contributed by atoms with Crippen LogP contribution in [0.4, 0.5) is 17.1 Å². The van der Waals surface area contributed by atoms with Crippen molar-refractivity contribution in [2.45, 2.75) is 25.0 Å². The zero-order valence-corrected chi connectivity index (χ0v) is 19.9. The van der Waals surface area contributed by atoms with Crippen molar-refractivity contribution in [1.82, 2.24) is 14.8 Å². The van der Waals surface area contributed by atoms with E-state index in [-0.39, 0.29) is 11.9 Å². The first-order valence-electron chi connectivity index (χ1n) is 10.3. The molecule has 164 valence electrons. The van der Waals surface area contributed by atoms with E-state index in [4.69, 9.17) is 0 Å². The number of para-hydroxylation sites is 1. The van der Waals surface area contributed by atoms with Gasteiger partial charge in [0.1, 0.15) is 0 Å². The molecule has 8 heteroatoms. The molecule has 6 nitrogen and oxygen atoms in total. The molecule has 4 aromatic rings. The van der Waals surface area contributed by atoms with Gasteiger partial charge >= 0.3 is 0 Å². The molecule has 0 radical (unpaired) electrons. The Labute approximate surface area is 196 Å². The van der Waals surface area contributed by atoms with Gasteiger partial charge in [-0.05, 0) is 61.7 Å². The summed E-state index contributed by atoms with van der Waals surface area (Å²) in [7, 11) is 1.93.